The number of likely N-dealkylation sites (tertiary alicyclic amines) is 1. The van der Waals surface area contributed by atoms with Gasteiger partial charge in [0.1, 0.15) is 0 Å². The number of nitrogens with zero attached hydrogens (tertiary/aromatic N) is 3. The normalized spacial score (nSPS) is 19.3. The molecule has 0 amide bonds. The Balaban J connectivity index is 1.27. The average molecular weight is 446 g/mol. The molecule has 33 heavy (non-hydrogen) atoms. The minimum Gasteiger partial charge on any atom is -0.356 e. The molecular weight excluding hydrogens is 406 g/mol. The largest absolute Gasteiger partial charge is 0.356 e. The van der Waals surface area contributed by atoms with E-state index in [4.69, 9.17) is 4.52 Å². The van der Waals surface area contributed by atoms with E-state index in [2.05, 4.69) is 78.4 Å². The second-order valence-electron chi connectivity index (χ2n) is 11.1. The maximum Gasteiger partial charge on any atom is 0.172 e. The van der Waals surface area contributed by atoms with Crippen molar-refractivity contribution in [2.45, 2.75) is 58.4 Å². The fourth-order valence-electron chi connectivity index (χ4n) is 5.90. The van der Waals surface area contributed by atoms with Crippen molar-refractivity contribution in [1.82, 2.24) is 15.0 Å². The molecule has 4 heteroatoms. The first kappa shape index (κ1) is 22.6. The number of benzene rings is 2. The van der Waals surface area contributed by atoms with Crippen LogP contribution in [0.25, 0.3) is 22.1 Å². The van der Waals surface area contributed by atoms with E-state index in [1.807, 2.05) is 0 Å². The Labute approximate surface area is 198 Å². The summed E-state index contributed by atoms with van der Waals surface area (Å²) in [6.45, 7) is 7.17. The molecule has 2 aliphatic rings. The molecule has 176 valence electrons. The van der Waals surface area contributed by atoms with Crippen LogP contribution in [0.1, 0.15) is 56.7 Å². The number of hydrogen-bond donors (Lipinski definition) is 0. The summed E-state index contributed by atoms with van der Waals surface area (Å²) in [5, 5.41) is 5.76. The molecule has 2 aromatic carbocycles. The van der Waals surface area contributed by atoms with Crippen LogP contribution in [-0.4, -0.2) is 48.7 Å². The van der Waals surface area contributed by atoms with E-state index < -0.39 is 0 Å². The zero-order valence-corrected chi connectivity index (χ0v) is 20.6. The van der Waals surface area contributed by atoms with Crippen molar-refractivity contribution in [3.8, 4) is 11.1 Å². The fourth-order valence-corrected chi connectivity index (χ4v) is 5.90. The number of rotatable bonds is 8. The summed E-state index contributed by atoms with van der Waals surface area (Å²) in [6.07, 6.45) is 9.17. The zero-order chi connectivity index (χ0) is 22.8. The summed E-state index contributed by atoms with van der Waals surface area (Å²) in [6, 6.07) is 15.1. The van der Waals surface area contributed by atoms with Crippen molar-refractivity contribution in [3.63, 3.8) is 0 Å². The van der Waals surface area contributed by atoms with Crippen LogP contribution < -0.4 is 0 Å². The van der Waals surface area contributed by atoms with E-state index in [9.17, 15) is 0 Å². The Morgan fingerprint density at radius 3 is 2.48 bits per heavy atom. The van der Waals surface area contributed by atoms with Crippen LogP contribution in [0.2, 0.25) is 0 Å². The van der Waals surface area contributed by atoms with Gasteiger partial charge in [-0.3, -0.25) is 0 Å². The smallest absolute Gasteiger partial charge is 0.172 e. The molecule has 4 nitrogen and oxygen atoms in total. The van der Waals surface area contributed by atoms with Gasteiger partial charge in [0.15, 0.2) is 5.58 Å². The predicted molar refractivity (Wildman–Crippen MR) is 136 cm³/mol. The summed E-state index contributed by atoms with van der Waals surface area (Å²) in [7, 11) is 4.23. The molecule has 0 N–H and O–H groups in total. The molecule has 2 fully saturated rings. The van der Waals surface area contributed by atoms with Crippen molar-refractivity contribution in [2.75, 3.05) is 33.7 Å². The summed E-state index contributed by atoms with van der Waals surface area (Å²) < 4.78 is 5.99. The van der Waals surface area contributed by atoms with Gasteiger partial charge in [-0.15, -0.1) is 0 Å². The third-order valence-corrected chi connectivity index (χ3v) is 8.04. The summed E-state index contributed by atoms with van der Waals surface area (Å²) in [4.78, 5) is 4.93. The molecule has 1 aromatic heterocycles. The van der Waals surface area contributed by atoms with Crippen LogP contribution in [-0.2, 0) is 13.0 Å². The van der Waals surface area contributed by atoms with Crippen LogP contribution in [0.4, 0.5) is 0 Å². The lowest BCUT2D eigenvalue weighted by molar-refractivity contribution is 0.0628. The Hall–Kier alpha value is -2.17. The van der Waals surface area contributed by atoms with E-state index in [1.165, 1.54) is 80.2 Å². The van der Waals surface area contributed by atoms with Crippen molar-refractivity contribution in [1.29, 1.82) is 0 Å². The van der Waals surface area contributed by atoms with Crippen LogP contribution in [0.15, 0.2) is 47.0 Å². The van der Waals surface area contributed by atoms with Gasteiger partial charge in [0.2, 0.25) is 0 Å². The molecule has 0 atom stereocenters. The molecule has 5 rings (SSSR count). The van der Waals surface area contributed by atoms with Gasteiger partial charge in [0, 0.05) is 24.0 Å². The number of aryl methyl sites for hydroxylation is 1. The monoisotopic (exact) mass is 445 g/mol. The SMILES string of the molecule is CN(C)Cc1c(-c2ccccc2)ccc2c(CCC3CCN(CC4(C)CCC4)CC3)noc12. The van der Waals surface area contributed by atoms with E-state index in [0.717, 1.165) is 30.2 Å². The Morgan fingerprint density at radius 1 is 1.06 bits per heavy atom. The van der Waals surface area contributed by atoms with Gasteiger partial charge in [0.05, 0.1) is 5.69 Å². The molecule has 3 aromatic rings. The highest BCUT2D eigenvalue weighted by Crippen LogP contribution is 2.41. The lowest BCUT2D eigenvalue weighted by atomic mass is 9.70. The van der Waals surface area contributed by atoms with Gasteiger partial charge in [0.25, 0.3) is 0 Å². The lowest BCUT2D eigenvalue weighted by Crippen LogP contribution is -2.43. The van der Waals surface area contributed by atoms with E-state index >= 15 is 0 Å². The van der Waals surface area contributed by atoms with Gasteiger partial charge in [-0.25, -0.2) is 0 Å². The molecule has 1 aliphatic heterocycles. The Bertz CT molecular complexity index is 1060. The predicted octanol–water partition coefficient (Wildman–Crippen LogP) is 6.39. The van der Waals surface area contributed by atoms with Gasteiger partial charge in [-0.2, -0.15) is 0 Å². The summed E-state index contributed by atoms with van der Waals surface area (Å²) >= 11 is 0. The highest BCUT2D eigenvalue weighted by Gasteiger charge is 2.34. The minimum atomic E-state index is 0.606. The van der Waals surface area contributed by atoms with Crippen LogP contribution in [0.3, 0.4) is 0 Å². The molecule has 2 heterocycles. The van der Waals surface area contributed by atoms with Gasteiger partial charge in [-0.1, -0.05) is 54.9 Å². The molecular formula is C29H39N3O. The van der Waals surface area contributed by atoms with Crippen molar-refractivity contribution in [2.24, 2.45) is 11.3 Å². The molecule has 1 saturated heterocycles. The standard InChI is InChI=1S/C29H39N3O/c1-29(16-7-17-29)21-32-18-14-22(15-19-32)10-13-27-25-12-11-24(23-8-5-4-6-9-23)26(20-31(2)3)28(25)33-30-27/h4-6,8-9,11-12,22H,7,10,13-21H2,1-3H3. The van der Waals surface area contributed by atoms with Crippen LogP contribution in [0.5, 0.6) is 0 Å². The van der Waals surface area contributed by atoms with E-state index in [1.54, 1.807) is 0 Å². The number of piperidine rings is 1. The zero-order valence-electron chi connectivity index (χ0n) is 20.6. The van der Waals surface area contributed by atoms with Gasteiger partial charge < -0.3 is 14.3 Å². The first-order chi connectivity index (χ1) is 16.0. The molecule has 0 radical (unpaired) electrons. The first-order valence-corrected chi connectivity index (χ1v) is 12.8. The minimum absolute atomic E-state index is 0.606. The lowest BCUT2D eigenvalue weighted by Gasteiger charge is -2.44. The maximum atomic E-state index is 5.99. The van der Waals surface area contributed by atoms with Crippen LogP contribution >= 0.6 is 0 Å². The second kappa shape index (κ2) is 9.60. The molecule has 0 spiro atoms. The third-order valence-electron chi connectivity index (χ3n) is 8.04. The second-order valence-corrected chi connectivity index (χ2v) is 11.1. The molecule has 0 bridgehead atoms. The van der Waals surface area contributed by atoms with E-state index in [0.29, 0.717) is 5.41 Å². The Kier molecular flexibility index (Phi) is 6.58. The van der Waals surface area contributed by atoms with Gasteiger partial charge >= 0.3 is 0 Å². The quantitative estimate of drug-likeness (QED) is 0.402. The summed E-state index contributed by atoms with van der Waals surface area (Å²) in [5.41, 5.74) is 6.41. The molecule has 1 saturated carbocycles. The summed E-state index contributed by atoms with van der Waals surface area (Å²) in [5.74, 6) is 0.812. The topological polar surface area (TPSA) is 32.5 Å². The van der Waals surface area contributed by atoms with E-state index in [-0.39, 0.29) is 0 Å². The number of fused-ring (bicyclic) bond motifs is 1. The molecule has 0 unspecified atom stereocenters. The maximum absolute atomic E-state index is 5.99. The first-order valence-electron chi connectivity index (χ1n) is 12.8. The van der Waals surface area contributed by atoms with Crippen molar-refractivity contribution in [3.05, 3.63) is 53.7 Å². The van der Waals surface area contributed by atoms with Gasteiger partial charge in [-0.05, 0) is 94.2 Å². The molecule has 1 aliphatic carbocycles. The highest BCUT2D eigenvalue weighted by atomic mass is 16.5. The van der Waals surface area contributed by atoms with Crippen molar-refractivity contribution < 1.29 is 4.52 Å². The number of hydrogen-bond acceptors (Lipinski definition) is 4. The number of aromatic nitrogens is 1. The fraction of sp³-hybridized carbons (Fsp3) is 0.552. The Morgan fingerprint density at radius 2 is 1.82 bits per heavy atom. The van der Waals surface area contributed by atoms with Crippen molar-refractivity contribution >= 4 is 11.0 Å². The van der Waals surface area contributed by atoms with Crippen LogP contribution in [0, 0.1) is 11.3 Å². The third kappa shape index (κ3) is 5.02. The highest BCUT2D eigenvalue weighted by molar-refractivity contribution is 5.89. The average Bonchev–Trinajstić information content (AvgIpc) is 3.21.